The molecule has 1 saturated heterocycles. The van der Waals surface area contributed by atoms with Crippen LogP contribution in [0.25, 0.3) is 0 Å². The molecule has 1 spiro atoms. The zero-order valence-electron chi connectivity index (χ0n) is 15.9. The van der Waals surface area contributed by atoms with E-state index in [1.54, 1.807) is 19.2 Å². The van der Waals surface area contributed by atoms with E-state index in [-0.39, 0.29) is 17.9 Å². The number of para-hydroxylation sites is 1. The average molecular weight is 380 g/mol. The highest BCUT2D eigenvalue weighted by Gasteiger charge is 2.44. The molecule has 1 aliphatic heterocycles. The first-order valence-electron chi connectivity index (χ1n) is 9.55. The molecule has 1 fully saturated rings. The number of carbonyl (C=O) groups excluding carboxylic acids is 2. The maximum Gasteiger partial charge on any atom is 0.277 e. The SMILES string of the molecule is COc1ccccc1CN(O)C(=O)c1ccc2c(c1)C[C@@]1(CCNC1=O)CC2. The van der Waals surface area contributed by atoms with Crippen molar-refractivity contribution in [2.45, 2.75) is 32.2 Å². The molecule has 0 bridgehead atoms. The lowest BCUT2D eigenvalue weighted by atomic mass is 9.70. The van der Waals surface area contributed by atoms with Crippen LogP contribution in [0.15, 0.2) is 42.5 Å². The summed E-state index contributed by atoms with van der Waals surface area (Å²) in [5.41, 5.74) is 3.01. The minimum Gasteiger partial charge on any atom is -0.496 e. The zero-order valence-corrected chi connectivity index (χ0v) is 15.9. The van der Waals surface area contributed by atoms with Gasteiger partial charge < -0.3 is 10.1 Å². The van der Waals surface area contributed by atoms with Gasteiger partial charge in [-0.2, -0.15) is 0 Å². The van der Waals surface area contributed by atoms with E-state index < -0.39 is 5.91 Å². The summed E-state index contributed by atoms with van der Waals surface area (Å²) in [6, 6.07) is 12.8. The summed E-state index contributed by atoms with van der Waals surface area (Å²) in [7, 11) is 1.56. The molecule has 1 aliphatic carbocycles. The molecule has 0 aromatic heterocycles. The van der Waals surface area contributed by atoms with Crippen LogP contribution < -0.4 is 10.1 Å². The summed E-state index contributed by atoms with van der Waals surface area (Å²) < 4.78 is 5.28. The Morgan fingerprint density at radius 3 is 2.79 bits per heavy atom. The summed E-state index contributed by atoms with van der Waals surface area (Å²) in [6.07, 6.45) is 3.16. The fourth-order valence-corrected chi connectivity index (χ4v) is 4.33. The van der Waals surface area contributed by atoms with Crippen molar-refractivity contribution >= 4 is 11.8 Å². The minimum absolute atomic E-state index is 0.0340. The monoisotopic (exact) mass is 380 g/mol. The van der Waals surface area contributed by atoms with Gasteiger partial charge >= 0.3 is 0 Å². The number of hydrogen-bond acceptors (Lipinski definition) is 4. The van der Waals surface area contributed by atoms with Crippen LogP contribution in [0.3, 0.4) is 0 Å². The first kappa shape index (κ1) is 18.5. The molecule has 0 unspecified atom stereocenters. The molecule has 2 aromatic carbocycles. The fraction of sp³-hybridized carbons (Fsp3) is 0.364. The van der Waals surface area contributed by atoms with Gasteiger partial charge in [-0.15, -0.1) is 0 Å². The van der Waals surface area contributed by atoms with Gasteiger partial charge in [0.25, 0.3) is 5.91 Å². The van der Waals surface area contributed by atoms with Crippen molar-refractivity contribution < 1.29 is 19.5 Å². The second kappa shape index (κ2) is 7.28. The lowest BCUT2D eigenvalue weighted by Crippen LogP contribution is -2.36. The van der Waals surface area contributed by atoms with Gasteiger partial charge in [-0.1, -0.05) is 24.3 Å². The number of ether oxygens (including phenoxy) is 1. The van der Waals surface area contributed by atoms with Gasteiger partial charge in [-0.05, 0) is 55.0 Å². The number of hydroxylamine groups is 2. The third kappa shape index (κ3) is 3.24. The number of fused-ring (bicyclic) bond motifs is 1. The Balaban J connectivity index is 1.54. The van der Waals surface area contributed by atoms with Crippen LogP contribution in [0, 0.1) is 5.41 Å². The quantitative estimate of drug-likeness (QED) is 0.631. The van der Waals surface area contributed by atoms with Gasteiger partial charge in [-0.3, -0.25) is 14.8 Å². The maximum absolute atomic E-state index is 12.8. The van der Waals surface area contributed by atoms with E-state index >= 15 is 0 Å². The number of nitrogens with zero attached hydrogens (tertiary/aromatic N) is 1. The first-order valence-corrected chi connectivity index (χ1v) is 9.55. The Labute approximate surface area is 164 Å². The smallest absolute Gasteiger partial charge is 0.277 e. The Morgan fingerprint density at radius 1 is 1.21 bits per heavy atom. The average Bonchev–Trinajstić information content (AvgIpc) is 3.06. The molecule has 146 valence electrons. The van der Waals surface area contributed by atoms with Crippen molar-refractivity contribution in [3.63, 3.8) is 0 Å². The van der Waals surface area contributed by atoms with Crippen molar-refractivity contribution in [1.29, 1.82) is 0 Å². The molecular weight excluding hydrogens is 356 g/mol. The number of methoxy groups -OCH3 is 1. The van der Waals surface area contributed by atoms with Crippen molar-refractivity contribution in [2.24, 2.45) is 5.41 Å². The van der Waals surface area contributed by atoms with Gasteiger partial charge in [0.15, 0.2) is 0 Å². The number of rotatable bonds is 4. The van der Waals surface area contributed by atoms with Crippen LogP contribution in [0.1, 0.15) is 39.9 Å². The van der Waals surface area contributed by atoms with Gasteiger partial charge in [0.2, 0.25) is 5.91 Å². The standard InChI is InChI=1S/C22H24N2O4/c1-28-19-5-3-2-4-17(19)14-24(27)20(25)16-7-6-15-8-9-22(13-18(15)12-16)10-11-23-21(22)26/h2-7,12,27H,8-11,13-14H2,1H3,(H,23,26)/t22-/m0/s1. The fourth-order valence-electron chi connectivity index (χ4n) is 4.33. The van der Waals surface area contributed by atoms with E-state index in [4.69, 9.17) is 4.74 Å². The normalized spacial score (nSPS) is 20.6. The minimum atomic E-state index is -0.468. The highest BCUT2D eigenvalue weighted by atomic mass is 16.5. The van der Waals surface area contributed by atoms with Crippen LogP contribution in [0.5, 0.6) is 5.75 Å². The second-order valence-electron chi connectivity index (χ2n) is 7.62. The summed E-state index contributed by atoms with van der Waals surface area (Å²) in [5, 5.41) is 14.0. The van der Waals surface area contributed by atoms with Crippen molar-refractivity contribution in [3.8, 4) is 5.75 Å². The van der Waals surface area contributed by atoms with Crippen LogP contribution in [-0.4, -0.2) is 35.7 Å². The molecule has 2 N–H and O–H groups in total. The van der Waals surface area contributed by atoms with E-state index in [0.717, 1.165) is 36.9 Å². The van der Waals surface area contributed by atoms with Gasteiger partial charge in [0, 0.05) is 17.7 Å². The lowest BCUT2D eigenvalue weighted by Gasteiger charge is -2.32. The molecule has 28 heavy (non-hydrogen) atoms. The molecule has 2 amide bonds. The molecule has 0 radical (unpaired) electrons. The predicted molar refractivity (Wildman–Crippen MR) is 103 cm³/mol. The van der Waals surface area contributed by atoms with E-state index in [1.165, 1.54) is 5.56 Å². The third-order valence-electron chi connectivity index (χ3n) is 5.97. The number of amides is 2. The lowest BCUT2D eigenvalue weighted by molar-refractivity contribution is -0.128. The first-order chi connectivity index (χ1) is 13.5. The number of benzene rings is 2. The molecule has 4 rings (SSSR count). The second-order valence-corrected chi connectivity index (χ2v) is 7.62. The molecule has 1 heterocycles. The summed E-state index contributed by atoms with van der Waals surface area (Å²) in [4.78, 5) is 25.1. The summed E-state index contributed by atoms with van der Waals surface area (Å²) in [6.45, 7) is 0.752. The number of aryl methyl sites for hydroxylation is 1. The highest BCUT2D eigenvalue weighted by molar-refractivity contribution is 5.94. The third-order valence-corrected chi connectivity index (χ3v) is 5.97. The van der Waals surface area contributed by atoms with Gasteiger partial charge in [0.1, 0.15) is 5.75 Å². The van der Waals surface area contributed by atoms with Crippen LogP contribution in [-0.2, 0) is 24.2 Å². The van der Waals surface area contributed by atoms with E-state index in [0.29, 0.717) is 22.8 Å². The zero-order chi connectivity index (χ0) is 19.7. The molecule has 6 heteroatoms. The van der Waals surface area contributed by atoms with Gasteiger partial charge in [-0.25, -0.2) is 5.06 Å². The number of carbonyl (C=O) groups is 2. The molecule has 2 aliphatic rings. The number of nitrogens with one attached hydrogen (secondary N) is 1. The molecule has 1 atom stereocenters. The predicted octanol–water partition coefficient (Wildman–Crippen LogP) is 2.72. The van der Waals surface area contributed by atoms with E-state index in [9.17, 15) is 14.8 Å². The Hall–Kier alpha value is -2.86. The van der Waals surface area contributed by atoms with Crippen LogP contribution >= 0.6 is 0 Å². The Morgan fingerprint density at radius 2 is 2.04 bits per heavy atom. The Bertz CT molecular complexity index is 927. The van der Waals surface area contributed by atoms with Crippen molar-refractivity contribution in [1.82, 2.24) is 10.4 Å². The van der Waals surface area contributed by atoms with Crippen molar-refractivity contribution in [2.75, 3.05) is 13.7 Å². The molecular formula is C22H24N2O4. The topological polar surface area (TPSA) is 78.9 Å². The maximum atomic E-state index is 12.8. The number of hydrogen-bond donors (Lipinski definition) is 2. The largest absolute Gasteiger partial charge is 0.496 e. The van der Waals surface area contributed by atoms with E-state index in [2.05, 4.69) is 5.32 Å². The molecule has 0 saturated carbocycles. The Kier molecular flexibility index (Phi) is 4.81. The summed E-state index contributed by atoms with van der Waals surface area (Å²) >= 11 is 0. The van der Waals surface area contributed by atoms with Crippen LogP contribution in [0.2, 0.25) is 0 Å². The summed E-state index contributed by atoms with van der Waals surface area (Å²) in [5.74, 6) is 0.271. The van der Waals surface area contributed by atoms with Crippen LogP contribution in [0.4, 0.5) is 0 Å². The molecule has 6 nitrogen and oxygen atoms in total. The highest BCUT2D eigenvalue weighted by Crippen LogP contribution is 2.41. The van der Waals surface area contributed by atoms with Gasteiger partial charge in [0.05, 0.1) is 19.1 Å². The molecule has 2 aromatic rings. The van der Waals surface area contributed by atoms with E-state index in [1.807, 2.05) is 30.3 Å². The van der Waals surface area contributed by atoms with Crippen molar-refractivity contribution in [3.05, 3.63) is 64.7 Å².